The minimum atomic E-state index is -0.469. The summed E-state index contributed by atoms with van der Waals surface area (Å²) in [4.78, 5) is 11.8. The number of aliphatic hydroxyl groups excluding tert-OH is 1. The number of rotatable bonds is 4. The fraction of sp³-hybridized carbons (Fsp3) is 0.438. The first-order chi connectivity index (χ1) is 9.84. The summed E-state index contributed by atoms with van der Waals surface area (Å²) in [7, 11) is 1.40. The van der Waals surface area contributed by atoms with Gasteiger partial charge < -0.3 is 15.2 Å². The van der Waals surface area contributed by atoms with E-state index in [-0.39, 0.29) is 29.2 Å². The maximum absolute atomic E-state index is 13.5. The van der Waals surface area contributed by atoms with Crippen LogP contribution in [0.4, 0.5) is 4.39 Å². The molecule has 2 atom stereocenters. The van der Waals surface area contributed by atoms with Gasteiger partial charge in [-0.25, -0.2) is 4.39 Å². The van der Waals surface area contributed by atoms with Crippen LogP contribution < -0.4 is 10.1 Å². The van der Waals surface area contributed by atoms with Crippen molar-refractivity contribution in [2.45, 2.75) is 32.4 Å². The van der Waals surface area contributed by atoms with Gasteiger partial charge in [-0.1, -0.05) is 19.9 Å². The second-order valence-corrected chi connectivity index (χ2v) is 5.86. The SMILES string of the molecule is COc1ccc(/C=C/C(=O)NC2CC(O)C2(C)C)cc1F. The third-order valence-corrected chi connectivity index (χ3v) is 4.14. The Balaban J connectivity index is 1.95. The Kier molecular flexibility index (Phi) is 4.32. The van der Waals surface area contributed by atoms with Crippen molar-refractivity contribution < 1.29 is 19.0 Å². The van der Waals surface area contributed by atoms with Crippen LogP contribution in [-0.2, 0) is 4.79 Å². The molecule has 0 aromatic heterocycles. The zero-order chi connectivity index (χ0) is 15.6. The molecule has 2 unspecified atom stereocenters. The van der Waals surface area contributed by atoms with Crippen molar-refractivity contribution in [1.29, 1.82) is 0 Å². The summed E-state index contributed by atoms with van der Waals surface area (Å²) in [5.74, 6) is -0.554. The van der Waals surface area contributed by atoms with E-state index in [1.807, 2.05) is 13.8 Å². The van der Waals surface area contributed by atoms with Crippen molar-refractivity contribution in [1.82, 2.24) is 5.32 Å². The number of aliphatic hydroxyl groups is 1. The zero-order valence-corrected chi connectivity index (χ0v) is 12.4. The lowest BCUT2D eigenvalue weighted by Gasteiger charge is -2.49. The van der Waals surface area contributed by atoms with Gasteiger partial charge in [0, 0.05) is 17.5 Å². The standard InChI is InChI=1S/C16H20FNO3/c1-16(2)13(9-14(16)19)18-15(20)7-5-10-4-6-12(21-3)11(17)8-10/h4-8,13-14,19H,9H2,1-3H3,(H,18,20)/b7-5+. The van der Waals surface area contributed by atoms with Crippen LogP contribution >= 0.6 is 0 Å². The molecule has 0 bridgehead atoms. The van der Waals surface area contributed by atoms with E-state index in [1.165, 1.54) is 25.3 Å². The van der Waals surface area contributed by atoms with Gasteiger partial charge in [0.15, 0.2) is 11.6 Å². The van der Waals surface area contributed by atoms with E-state index < -0.39 is 5.82 Å². The third kappa shape index (κ3) is 3.24. The highest BCUT2D eigenvalue weighted by Gasteiger charge is 2.47. The van der Waals surface area contributed by atoms with Gasteiger partial charge >= 0.3 is 0 Å². The highest BCUT2D eigenvalue weighted by Crippen LogP contribution is 2.40. The first-order valence-corrected chi connectivity index (χ1v) is 6.84. The van der Waals surface area contributed by atoms with Gasteiger partial charge in [0.05, 0.1) is 13.2 Å². The van der Waals surface area contributed by atoms with E-state index >= 15 is 0 Å². The van der Waals surface area contributed by atoms with Crippen LogP contribution in [0.15, 0.2) is 24.3 Å². The lowest BCUT2D eigenvalue weighted by atomic mass is 9.64. The Morgan fingerprint density at radius 2 is 2.24 bits per heavy atom. The molecule has 2 rings (SSSR count). The Morgan fingerprint density at radius 1 is 1.52 bits per heavy atom. The highest BCUT2D eigenvalue weighted by molar-refractivity contribution is 5.92. The molecular weight excluding hydrogens is 273 g/mol. The van der Waals surface area contributed by atoms with Gasteiger partial charge in [0.1, 0.15) is 0 Å². The summed E-state index contributed by atoms with van der Waals surface area (Å²) in [5, 5.41) is 12.5. The van der Waals surface area contributed by atoms with E-state index in [9.17, 15) is 14.3 Å². The van der Waals surface area contributed by atoms with Crippen molar-refractivity contribution in [2.75, 3.05) is 7.11 Å². The Morgan fingerprint density at radius 3 is 2.76 bits per heavy atom. The largest absolute Gasteiger partial charge is 0.494 e. The molecule has 4 nitrogen and oxygen atoms in total. The number of hydrogen-bond acceptors (Lipinski definition) is 3. The Bertz CT molecular complexity index is 569. The first kappa shape index (κ1) is 15.5. The second-order valence-electron chi connectivity index (χ2n) is 5.86. The van der Waals surface area contributed by atoms with Crippen LogP contribution in [-0.4, -0.2) is 30.3 Å². The molecule has 0 saturated heterocycles. The molecule has 21 heavy (non-hydrogen) atoms. The predicted molar refractivity (Wildman–Crippen MR) is 78.3 cm³/mol. The first-order valence-electron chi connectivity index (χ1n) is 6.84. The molecule has 5 heteroatoms. The minimum absolute atomic E-state index is 0.0442. The lowest BCUT2D eigenvalue weighted by Crippen LogP contribution is -2.60. The smallest absolute Gasteiger partial charge is 0.244 e. The summed E-state index contributed by atoms with van der Waals surface area (Å²) >= 11 is 0. The van der Waals surface area contributed by atoms with Crippen LogP contribution in [0, 0.1) is 11.2 Å². The molecule has 2 N–H and O–H groups in total. The summed E-state index contributed by atoms with van der Waals surface area (Å²) in [5.41, 5.74) is 0.270. The van der Waals surface area contributed by atoms with Crippen molar-refractivity contribution in [3.63, 3.8) is 0 Å². The summed E-state index contributed by atoms with van der Waals surface area (Å²) < 4.78 is 18.3. The molecule has 114 valence electrons. The molecule has 1 aliphatic carbocycles. The minimum Gasteiger partial charge on any atom is -0.494 e. The van der Waals surface area contributed by atoms with Gasteiger partial charge in [0.25, 0.3) is 0 Å². The van der Waals surface area contributed by atoms with Crippen molar-refractivity contribution in [3.8, 4) is 5.75 Å². The lowest BCUT2D eigenvalue weighted by molar-refractivity contribution is -0.124. The van der Waals surface area contributed by atoms with Crippen molar-refractivity contribution in [2.24, 2.45) is 5.41 Å². The number of hydrogen-bond donors (Lipinski definition) is 2. The van der Waals surface area contributed by atoms with Crippen molar-refractivity contribution in [3.05, 3.63) is 35.7 Å². The number of ether oxygens (including phenoxy) is 1. The van der Waals surface area contributed by atoms with Crippen LogP contribution in [0.3, 0.4) is 0 Å². The Labute approximate surface area is 123 Å². The van der Waals surface area contributed by atoms with E-state index in [0.29, 0.717) is 12.0 Å². The van der Waals surface area contributed by atoms with Gasteiger partial charge in [-0.15, -0.1) is 0 Å². The molecule has 1 saturated carbocycles. The molecule has 1 aromatic carbocycles. The van der Waals surface area contributed by atoms with E-state index in [1.54, 1.807) is 12.1 Å². The van der Waals surface area contributed by atoms with Crippen LogP contribution in [0.25, 0.3) is 6.08 Å². The number of nitrogens with one attached hydrogen (secondary N) is 1. The van der Waals surface area contributed by atoms with Gasteiger partial charge in [-0.2, -0.15) is 0 Å². The number of methoxy groups -OCH3 is 1. The van der Waals surface area contributed by atoms with Crippen molar-refractivity contribution >= 4 is 12.0 Å². The fourth-order valence-corrected chi connectivity index (χ4v) is 2.33. The predicted octanol–water partition coefficient (Wildman–Crippen LogP) is 2.12. The molecule has 0 radical (unpaired) electrons. The van der Waals surface area contributed by atoms with E-state index in [0.717, 1.165) is 0 Å². The average Bonchev–Trinajstić information content (AvgIpc) is 2.45. The third-order valence-electron chi connectivity index (χ3n) is 4.14. The zero-order valence-electron chi connectivity index (χ0n) is 12.4. The van der Waals surface area contributed by atoms with Crippen LogP contribution in [0.1, 0.15) is 25.8 Å². The van der Waals surface area contributed by atoms with Gasteiger partial charge in [-0.05, 0) is 30.2 Å². The van der Waals surface area contributed by atoms with Gasteiger partial charge in [-0.3, -0.25) is 4.79 Å². The molecule has 0 heterocycles. The summed E-state index contributed by atoms with van der Waals surface area (Å²) in [6.45, 7) is 3.82. The number of halogens is 1. The molecule has 1 aromatic rings. The van der Waals surface area contributed by atoms with E-state index in [4.69, 9.17) is 4.74 Å². The van der Waals surface area contributed by atoms with Crippen LogP contribution in [0.2, 0.25) is 0 Å². The topological polar surface area (TPSA) is 58.6 Å². The molecule has 0 spiro atoms. The van der Waals surface area contributed by atoms with Crippen LogP contribution in [0.5, 0.6) is 5.75 Å². The second kappa shape index (κ2) is 5.85. The highest BCUT2D eigenvalue weighted by atomic mass is 19.1. The molecule has 1 fully saturated rings. The quantitative estimate of drug-likeness (QED) is 0.836. The monoisotopic (exact) mass is 293 g/mol. The maximum Gasteiger partial charge on any atom is 0.244 e. The fourth-order valence-electron chi connectivity index (χ4n) is 2.33. The molecule has 1 aliphatic rings. The summed E-state index contributed by atoms with van der Waals surface area (Å²) in [6.07, 6.45) is 3.08. The van der Waals surface area contributed by atoms with E-state index in [2.05, 4.69) is 5.32 Å². The average molecular weight is 293 g/mol. The number of benzene rings is 1. The maximum atomic E-state index is 13.5. The number of carbonyl (C=O) groups excluding carboxylic acids is 1. The Hall–Kier alpha value is -1.88. The molecule has 0 aliphatic heterocycles. The summed E-state index contributed by atoms with van der Waals surface area (Å²) in [6, 6.07) is 4.44. The molecular formula is C16H20FNO3. The molecule has 1 amide bonds. The normalized spacial score (nSPS) is 23.7. The number of carbonyl (C=O) groups is 1. The number of amides is 1. The van der Waals surface area contributed by atoms with Gasteiger partial charge in [0.2, 0.25) is 5.91 Å².